The Balaban J connectivity index is 2.50. The summed E-state index contributed by atoms with van der Waals surface area (Å²) >= 11 is 0.895. The van der Waals surface area contributed by atoms with Gasteiger partial charge in [0.25, 0.3) is 5.91 Å². The minimum absolute atomic E-state index is 0.0343. The molecule has 2 aromatic rings. The number of carbonyl (C=O) groups excluding carboxylic acids is 1. The largest absolute Gasteiger partial charge is 0.416 e. The van der Waals surface area contributed by atoms with Gasteiger partial charge in [-0.25, -0.2) is 0 Å². The summed E-state index contributed by atoms with van der Waals surface area (Å²) in [7, 11) is 0. The molecule has 0 spiro atoms. The number of aryl methyl sites for hydroxylation is 2. The van der Waals surface area contributed by atoms with E-state index in [0.717, 1.165) is 11.8 Å². The van der Waals surface area contributed by atoms with Crippen molar-refractivity contribution in [3.8, 4) is 5.40 Å². The van der Waals surface area contributed by atoms with Crippen LogP contribution in [0.4, 0.5) is 32.0 Å². The van der Waals surface area contributed by atoms with Gasteiger partial charge in [-0.3, -0.25) is 4.79 Å². The van der Waals surface area contributed by atoms with Crippen LogP contribution >= 0.6 is 11.8 Å². The van der Waals surface area contributed by atoms with Gasteiger partial charge >= 0.3 is 12.4 Å². The number of benzene rings is 2. The van der Waals surface area contributed by atoms with E-state index in [1.54, 1.807) is 26.0 Å². The lowest BCUT2D eigenvalue weighted by atomic mass is 10.0. The van der Waals surface area contributed by atoms with Crippen LogP contribution < -0.4 is 5.32 Å². The van der Waals surface area contributed by atoms with Gasteiger partial charge in [0.05, 0.1) is 11.1 Å². The summed E-state index contributed by atoms with van der Waals surface area (Å²) in [4.78, 5) is 13.1. The molecule has 0 aliphatic rings. The topological polar surface area (TPSA) is 52.9 Å². The minimum atomic E-state index is -5.04. The van der Waals surface area contributed by atoms with Gasteiger partial charge in [-0.2, -0.15) is 31.6 Å². The number of rotatable bonds is 4. The standard InChI is InChI=1S/C19H14F6N2OS/c1-3-11-7-15(29-9-26)4-10(2)16(11)27-17(28)12-5-13(18(20,21)22)8-14(6-12)19(23,24)25/h4-8H,3H2,1-2H3,(H,27,28). The Kier molecular flexibility index (Phi) is 6.53. The molecule has 0 unspecified atom stereocenters. The van der Waals surface area contributed by atoms with Crippen molar-refractivity contribution in [1.29, 1.82) is 5.26 Å². The Morgan fingerprint density at radius 2 is 1.59 bits per heavy atom. The van der Waals surface area contributed by atoms with E-state index >= 15 is 0 Å². The Morgan fingerprint density at radius 3 is 2.03 bits per heavy atom. The van der Waals surface area contributed by atoms with Crippen LogP contribution in [0.1, 0.15) is 39.5 Å². The van der Waals surface area contributed by atoms with Crippen molar-refractivity contribution >= 4 is 23.4 Å². The van der Waals surface area contributed by atoms with Crippen LogP contribution in [0.5, 0.6) is 0 Å². The van der Waals surface area contributed by atoms with E-state index in [9.17, 15) is 31.1 Å². The van der Waals surface area contributed by atoms with Gasteiger partial charge in [0.1, 0.15) is 5.40 Å². The van der Waals surface area contributed by atoms with E-state index < -0.39 is 35.0 Å². The molecule has 2 aromatic carbocycles. The van der Waals surface area contributed by atoms with E-state index in [4.69, 9.17) is 5.26 Å². The Bertz CT molecular complexity index is 944. The molecule has 0 bridgehead atoms. The first-order chi connectivity index (χ1) is 13.4. The molecule has 3 nitrogen and oxygen atoms in total. The lowest BCUT2D eigenvalue weighted by molar-refractivity contribution is -0.143. The number of thiocyanates is 1. The van der Waals surface area contributed by atoms with Crippen LogP contribution in [0.15, 0.2) is 35.2 Å². The van der Waals surface area contributed by atoms with Gasteiger partial charge in [0.2, 0.25) is 0 Å². The molecule has 10 heteroatoms. The SMILES string of the molecule is CCc1cc(SC#N)cc(C)c1NC(=O)c1cc(C(F)(F)F)cc(C(F)(F)F)c1. The van der Waals surface area contributed by atoms with Crippen molar-refractivity contribution in [2.24, 2.45) is 0 Å². The predicted molar refractivity (Wildman–Crippen MR) is 96.4 cm³/mol. The zero-order valence-electron chi connectivity index (χ0n) is 15.1. The van der Waals surface area contributed by atoms with Gasteiger partial charge in [0, 0.05) is 16.1 Å². The Hall–Kier alpha value is -2.67. The van der Waals surface area contributed by atoms with Crippen LogP contribution in [0.25, 0.3) is 0 Å². The third-order valence-corrected chi connectivity index (χ3v) is 4.59. The molecular weight excluding hydrogens is 418 g/mol. The number of nitriles is 1. The number of anilines is 1. The maximum absolute atomic E-state index is 13.0. The fourth-order valence-electron chi connectivity index (χ4n) is 2.67. The quantitative estimate of drug-likeness (QED) is 0.345. The molecule has 0 fully saturated rings. The highest BCUT2D eigenvalue weighted by molar-refractivity contribution is 8.03. The predicted octanol–water partition coefficient (Wildman–Crippen LogP) is 6.42. The first-order valence-corrected chi connectivity index (χ1v) is 8.98. The number of nitrogens with zero attached hydrogens (tertiary/aromatic N) is 1. The maximum atomic E-state index is 13.0. The Labute approximate surface area is 166 Å². The van der Waals surface area contributed by atoms with Crippen molar-refractivity contribution in [1.82, 2.24) is 0 Å². The molecule has 0 aliphatic heterocycles. The summed E-state index contributed by atoms with van der Waals surface area (Å²) in [6, 6.07) is 3.95. The molecule has 1 amide bonds. The number of hydrogen-bond donors (Lipinski definition) is 1. The third kappa shape index (κ3) is 5.44. The second-order valence-electron chi connectivity index (χ2n) is 6.07. The third-order valence-electron chi connectivity index (χ3n) is 4.02. The number of halogens is 6. The molecule has 0 aromatic heterocycles. The Morgan fingerprint density at radius 1 is 1.03 bits per heavy atom. The summed E-state index contributed by atoms with van der Waals surface area (Å²) < 4.78 is 78.0. The second-order valence-corrected chi connectivity index (χ2v) is 6.93. The van der Waals surface area contributed by atoms with E-state index in [2.05, 4.69) is 5.32 Å². The molecule has 0 saturated heterocycles. The normalized spacial score (nSPS) is 11.8. The van der Waals surface area contributed by atoms with Crippen LogP contribution in [0.2, 0.25) is 0 Å². The zero-order valence-corrected chi connectivity index (χ0v) is 15.9. The molecule has 0 atom stereocenters. The van der Waals surface area contributed by atoms with Crippen molar-refractivity contribution in [3.05, 3.63) is 58.1 Å². The van der Waals surface area contributed by atoms with Crippen molar-refractivity contribution in [3.63, 3.8) is 0 Å². The average molecular weight is 432 g/mol. The van der Waals surface area contributed by atoms with Gasteiger partial charge in [-0.15, -0.1) is 0 Å². The van der Waals surface area contributed by atoms with Crippen molar-refractivity contribution in [2.75, 3.05) is 5.32 Å². The number of amides is 1. The van der Waals surface area contributed by atoms with E-state index in [-0.39, 0.29) is 11.8 Å². The molecule has 0 radical (unpaired) electrons. The van der Waals surface area contributed by atoms with E-state index in [1.807, 2.05) is 5.40 Å². The van der Waals surface area contributed by atoms with Crippen molar-refractivity contribution in [2.45, 2.75) is 37.5 Å². The summed E-state index contributed by atoms with van der Waals surface area (Å²) in [6.45, 7) is 3.38. The van der Waals surface area contributed by atoms with Gasteiger partial charge < -0.3 is 5.32 Å². The average Bonchev–Trinajstić information content (AvgIpc) is 2.62. The molecular formula is C19H14F6N2OS. The van der Waals surface area contributed by atoms with E-state index in [1.165, 1.54) is 0 Å². The summed E-state index contributed by atoms with van der Waals surface area (Å²) in [5.74, 6) is -1.10. The molecule has 0 saturated carbocycles. The monoisotopic (exact) mass is 432 g/mol. The molecule has 0 heterocycles. The lowest BCUT2D eigenvalue weighted by Gasteiger charge is -2.17. The highest BCUT2D eigenvalue weighted by Crippen LogP contribution is 2.37. The maximum Gasteiger partial charge on any atom is 0.416 e. The summed E-state index contributed by atoms with van der Waals surface area (Å²) in [5, 5.41) is 13.1. The number of nitrogens with one attached hydrogen (secondary N) is 1. The number of alkyl halides is 6. The fourth-order valence-corrected chi connectivity index (χ4v) is 3.21. The highest BCUT2D eigenvalue weighted by atomic mass is 32.2. The summed E-state index contributed by atoms with van der Waals surface area (Å²) in [6.07, 6.45) is -9.67. The van der Waals surface area contributed by atoms with Gasteiger partial charge in [-0.05, 0) is 66.6 Å². The smallest absolute Gasteiger partial charge is 0.321 e. The number of carbonyl (C=O) groups is 1. The molecule has 154 valence electrons. The molecule has 29 heavy (non-hydrogen) atoms. The molecule has 0 aliphatic carbocycles. The van der Waals surface area contributed by atoms with Crippen LogP contribution in [-0.2, 0) is 18.8 Å². The summed E-state index contributed by atoms with van der Waals surface area (Å²) in [5.41, 5.74) is -2.48. The number of hydrogen-bond acceptors (Lipinski definition) is 3. The van der Waals surface area contributed by atoms with Crippen molar-refractivity contribution < 1.29 is 31.1 Å². The van der Waals surface area contributed by atoms with E-state index in [0.29, 0.717) is 34.6 Å². The van der Waals surface area contributed by atoms with Crippen LogP contribution in [-0.4, -0.2) is 5.91 Å². The highest BCUT2D eigenvalue weighted by Gasteiger charge is 2.37. The zero-order chi connectivity index (χ0) is 22.0. The molecule has 1 N–H and O–H groups in total. The first-order valence-electron chi connectivity index (χ1n) is 8.17. The molecule has 2 rings (SSSR count). The van der Waals surface area contributed by atoms with Gasteiger partial charge in [0.15, 0.2) is 0 Å². The van der Waals surface area contributed by atoms with Crippen LogP contribution in [0.3, 0.4) is 0 Å². The van der Waals surface area contributed by atoms with Crippen LogP contribution in [0, 0.1) is 17.6 Å². The first kappa shape index (κ1) is 22.6. The van der Waals surface area contributed by atoms with Gasteiger partial charge in [-0.1, -0.05) is 6.92 Å². The minimum Gasteiger partial charge on any atom is -0.321 e. The second kappa shape index (κ2) is 8.37. The fraction of sp³-hybridized carbons (Fsp3) is 0.263. The lowest BCUT2D eigenvalue weighted by Crippen LogP contribution is -2.18. The number of thioether (sulfide) groups is 1.